The van der Waals surface area contributed by atoms with Crippen molar-refractivity contribution in [2.24, 2.45) is 0 Å². The lowest BCUT2D eigenvalue weighted by atomic mass is 10.1. The van der Waals surface area contributed by atoms with E-state index < -0.39 is 6.04 Å². The highest BCUT2D eigenvalue weighted by molar-refractivity contribution is 9.10. The van der Waals surface area contributed by atoms with Crippen LogP contribution < -0.4 is 5.32 Å². The first-order valence-corrected chi connectivity index (χ1v) is 11.0. The largest absolute Gasteiger partial charge is 0.340 e. The maximum absolute atomic E-state index is 12.8. The highest BCUT2D eigenvalue weighted by Crippen LogP contribution is 2.17. The first-order chi connectivity index (χ1) is 12.0. The van der Waals surface area contributed by atoms with Gasteiger partial charge in [0.05, 0.1) is 5.56 Å². The average Bonchev–Trinajstić information content (AvgIpc) is 3.11. The Morgan fingerprint density at radius 2 is 2.08 bits per heavy atom. The fraction of sp³-hybridized carbons (Fsp3) is 0.333. The standard InChI is InChI=1S/C18H21BrN2O2S2/c1-21(11-13-7-10-25-12-13)18(23)16(8-9-24-2)20-17(22)14-5-3-4-6-15(14)19/h3-7,10,12,16H,8-9,11H2,1-2H3,(H,20,22). The van der Waals surface area contributed by atoms with Crippen LogP contribution in [0.5, 0.6) is 0 Å². The number of amides is 2. The van der Waals surface area contributed by atoms with Gasteiger partial charge in [-0.1, -0.05) is 12.1 Å². The van der Waals surface area contributed by atoms with E-state index in [4.69, 9.17) is 0 Å². The van der Waals surface area contributed by atoms with Gasteiger partial charge in [0, 0.05) is 18.1 Å². The number of halogens is 1. The summed E-state index contributed by atoms with van der Waals surface area (Å²) in [5, 5.41) is 6.92. The van der Waals surface area contributed by atoms with Crippen LogP contribution in [0.4, 0.5) is 0 Å². The second-order valence-electron chi connectivity index (χ2n) is 5.61. The molecule has 0 aliphatic heterocycles. The molecule has 2 amide bonds. The molecule has 1 aromatic carbocycles. The van der Waals surface area contributed by atoms with Crippen LogP contribution in [0, 0.1) is 0 Å². The number of carbonyl (C=O) groups excluding carboxylic acids is 2. The van der Waals surface area contributed by atoms with Crippen molar-refractivity contribution >= 4 is 50.8 Å². The zero-order valence-corrected chi connectivity index (χ0v) is 17.4. The van der Waals surface area contributed by atoms with Crippen molar-refractivity contribution in [2.45, 2.75) is 19.0 Å². The maximum Gasteiger partial charge on any atom is 0.253 e. The molecule has 1 aromatic heterocycles. The van der Waals surface area contributed by atoms with E-state index in [1.165, 1.54) is 0 Å². The Bertz CT molecular complexity index is 707. The summed E-state index contributed by atoms with van der Waals surface area (Å²) in [6, 6.07) is 8.69. The van der Waals surface area contributed by atoms with Crippen molar-refractivity contribution in [1.82, 2.24) is 10.2 Å². The van der Waals surface area contributed by atoms with Crippen molar-refractivity contribution in [3.63, 3.8) is 0 Å². The number of thiophene rings is 1. The van der Waals surface area contributed by atoms with E-state index in [0.717, 1.165) is 15.8 Å². The molecular formula is C18H21BrN2O2S2. The zero-order valence-electron chi connectivity index (χ0n) is 14.2. The van der Waals surface area contributed by atoms with E-state index in [9.17, 15) is 9.59 Å². The Morgan fingerprint density at radius 1 is 1.32 bits per heavy atom. The quantitative estimate of drug-likeness (QED) is 0.673. The molecule has 2 aromatic rings. The molecule has 0 aliphatic rings. The Hall–Kier alpha value is -1.31. The fourth-order valence-electron chi connectivity index (χ4n) is 2.37. The van der Waals surface area contributed by atoms with Crippen LogP contribution >= 0.6 is 39.0 Å². The molecule has 1 unspecified atom stereocenters. The van der Waals surface area contributed by atoms with E-state index >= 15 is 0 Å². The molecule has 1 atom stereocenters. The Morgan fingerprint density at radius 3 is 2.72 bits per heavy atom. The van der Waals surface area contributed by atoms with Gasteiger partial charge in [-0.05, 0) is 68.9 Å². The van der Waals surface area contributed by atoms with Gasteiger partial charge in [0.15, 0.2) is 0 Å². The smallest absolute Gasteiger partial charge is 0.253 e. The lowest BCUT2D eigenvalue weighted by Crippen LogP contribution is -2.47. The molecule has 0 spiro atoms. The summed E-state index contributed by atoms with van der Waals surface area (Å²) in [5.74, 6) is 0.496. The lowest BCUT2D eigenvalue weighted by Gasteiger charge is -2.24. The third kappa shape index (κ3) is 5.87. The monoisotopic (exact) mass is 440 g/mol. The summed E-state index contributed by atoms with van der Waals surface area (Å²) in [6.45, 7) is 0.545. The zero-order chi connectivity index (χ0) is 18.2. The summed E-state index contributed by atoms with van der Waals surface area (Å²) >= 11 is 6.66. The molecule has 1 heterocycles. The lowest BCUT2D eigenvalue weighted by molar-refractivity contribution is -0.132. The number of carbonyl (C=O) groups is 2. The van der Waals surface area contributed by atoms with E-state index in [0.29, 0.717) is 18.5 Å². The molecular weight excluding hydrogens is 420 g/mol. The Balaban J connectivity index is 2.07. The molecule has 7 heteroatoms. The molecule has 0 radical (unpaired) electrons. The number of rotatable bonds is 8. The van der Waals surface area contributed by atoms with Gasteiger partial charge in [0.25, 0.3) is 5.91 Å². The number of likely N-dealkylation sites (N-methyl/N-ethyl adjacent to an activating group) is 1. The van der Waals surface area contributed by atoms with Crippen LogP contribution in [-0.2, 0) is 11.3 Å². The highest BCUT2D eigenvalue weighted by Gasteiger charge is 2.25. The first kappa shape index (κ1) is 20.0. The van der Waals surface area contributed by atoms with Gasteiger partial charge in [0.1, 0.15) is 6.04 Å². The maximum atomic E-state index is 12.8. The third-order valence-electron chi connectivity index (χ3n) is 3.71. The summed E-state index contributed by atoms with van der Waals surface area (Å²) < 4.78 is 0.718. The molecule has 4 nitrogen and oxygen atoms in total. The van der Waals surface area contributed by atoms with Crippen LogP contribution in [-0.4, -0.2) is 41.8 Å². The first-order valence-electron chi connectivity index (χ1n) is 7.83. The minimum Gasteiger partial charge on any atom is -0.340 e. The predicted molar refractivity (Wildman–Crippen MR) is 109 cm³/mol. The summed E-state index contributed by atoms with van der Waals surface area (Å²) in [7, 11) is 1.77. The van der Waals surface area contributed by atoms with Crippen molar-refractivity contribution in [1.29, 1.82) is 0 Å². The number of hydrogen-bond acceptors (Lipinski definition) is 4. The summed E-state index contributed by atoms with van der Waals surface area (Å²) in [4.78, 5) is 27.1. The van der Waals surface area contributed by atoms with Gasteiger partial charge in [-0.25, -0.2) is 0 Å². The van der Waals surface area contributed by atoms with Crippen LogP contribution in [0.25, 0.3) is 0 Å². The molecule has 1 N–H and O–H groups in total. The molecule has 0 saturated carbocycles. The molecule has 134 valence electrons. The van der Waals surface area contributed by atoms with E-state index in [1.807, 2.05) is 35.2 Å². The number of nitrogens with one attached hydrogen (secondary N) is 1. The molecule has 0 saturated heterocycles. The number of benzene rings is 1. The minimum absolute atomic E-state index is 0.0688. The normalized spacial score (nSPS) is 11.8. The summed E-state index contributed by atoms with van der Waals surface area (Å²) in [6.07, 6.45) is 2.59. The van der Waals surface area contributed by atoms with Gasteiger partial charge in [-0.15, -0.1) is 0 Å². The van der Waals surface area contributed by atoms with Crippen molar-refractivity contribution in [2.75, 3.05) is 19.1 Å². The van der Waals surface area contributed by atoms with E-state index in [2.05, 4.69) is 21.2 Å². The van der Waals surface area contributed by atoms with Crippen LogP contribution in [0.3, 0.4) is 0 Å². The van der Waals surface area contributed by atoms with E-state index in [-0.39, 0.29) is 11.8 Å². The fourth-order valence-corrected chi connectivity index (χ4v) is 3.97. The van der Waals surface area contributed by atoms with Gasteiger partial charge in [0.2, 0.25) is 5.91 Å². The molecule has 0 bridgehead atoms. The van der Waals surface area contributed by atoms with Crippen LogP contribution in [0.2, 0.25) is 0 Å². The SMILES string of the molecule is CSCCC(NC(=O)c1ccccc1Br)C(=O)N(C)Cc1ccsc1. The van der Waals surface area contributed by atoms with Gasteiger partial charge < -0.3 is 10.2 Å². The highest BCUT2D eigenvalue weighted by atomic mass is 79.9. The second-order valence-corrected chi connectivity index (χ2v) is 8.23. The Kier molecular flexibility index (Phi) is 7.99. The van der Waals surface area contributed by atoms with Crippen molar-refractivity contribution < 1.29 is 9.59 Å². The van der Waals surface area contributed by atoms with Gasteiger partial charge in [-0.2, -0.15) is 23.1 Å². The Labute approximate surface area is 165 Å². The molecule has 25 heavy (non-hydrogen) atoms. The van der Waals surface area contributed by atoms with Crippen molar-refractivity contribution in [3.8, 4) is 0 Å². The number of nitrogens with zero attached hydrogens (tertiary/aromatic N) is 1. The second kappa shape index (κ2) is 9.99. The number of hydrogen-bond donors (Lipinski definition) is 1. The van der Waals surface area contributed by atoms with E-state index in [1.54, 1.807) is 47.2 Å². The molecule has 0 aliphatic carbocycles. The molecule has 0 fully saturated rings. The van der Waals surface area contributed by atoms with Gasteiger partial charge in [-0.3, -0.25) is 9.59 Å². The van der Waals surface area contributed by atoms with Crippen molar-refractivity contribution in [3.05, 3.63) is 56.7 Å². The minimum atomic E-state index is -0.532. The topological polar surface area (TPSA) is 49.4 Å². The van der Waals surface area contributed by atoms with Gasteiger partial charge >= 0.3 is 0 Å². The number of thioether (sulfide) groups is 1. The van der Waals surface area contributed by atoms with Crippen LogP contribution in [0.1, 0.15) is 22.3 Å². The predicted octanol–water partition coefficient (Wildman–Crippen LogP) is 4.02. The average molecular weight is 441 g/mol. The van der Waals surface area contributed by atoms with Crippen LogP contribution in [0.15, 0.2) is 45.6 Å². The summed E-state index contributed by atoms with van der Waals surface area (Å²) in [5.41, 5.74) is 1.63. The third-order valence-corrected chi connectivity index (χ3v) is 5.78. The molecule has 2 rings (SSSR count).